The number of fused-ring (bicyclic) bond motifs is 1. The Hall–Kier alpha value is -3.51. The number of aliphatic hydroxyl groups excluding tert-OH is 3. The van der Waals surface area contributed by atoms with E-state index in [1.807, 2.05) is 0 Å². The van der Waals surface area contributed by atoms with Crippen molar-refractivity contribution in [3.05, 3.63) is 40.6 Å². The number of phenolic OH excluding ortho intramolecular Hbond substituents is 2. The fourth-order valence-corrected chi connectivity index (χ4v) is 3.71. The zero-order valence-corrected chi connectivity index (χ0v) is 18.5. The smallest absolute Gasteiger partial charge is 0.239 e. The van der Waals surface area contributed by atoms with Crippen molar-refractivity contribution in [3.8, 4) is 40.1 Å². The zero-order chi connectivity index (χ0) is 24.7. The van der Waals surface area contributed by atoms with Crippen LogP contribution in [0.15, 0.2) is 39.5 Å². The van der Waals surface area contributed by atoms with Crippen LogP contribution in [0.3, 0.4) is 0 Å². The number of phenols is 2. The molecule has 0 bridgehead atoms. The molecule has 2 aromatic carbocycles. The molecule has 0 saturated carbocycles. The number of rotatable bonds is 5. The van der Waals surface area contributed by atoms with E-state index in [9.17, 15) is 30.3 Å². The summed E-state index contributed by atoms with van der Waals surface area (Å²) in [6, 6.07) is 6.66. The van der Waals surface area contributed by atoms with Crippen LogP contribution in [0.2, 0.25) is 0 Å². The summed E-state index contributed by atoms with van der Waals surface area (Å²) in [6.45, 7) is 1.47. The molecular weight excluding hydrogens is 452 g/mol. The first-order valence-corrected chi connectivity index (χ1v) is 10.3. The van der Waals surface area contributed by atoms with Gasteiger partial charge >= 0.3 is 0 Å². The Morgan fingerprint density at radius 3 is 2.29 bits per heavy atom. The van der Waals surface area contributed by atoms with Crippen LogP contribution < -0.4 is 19.6 Å². The first kappa shape index (κ1) is 23.6. The molecule has 1 aliphatic rings. The van der Waals surface area contributed by atoms with Crippen LogP contribution in [0.5, 0.6) is 28.7 Å². The Balaban J connectivity index is 1.95. The Morgan fingerprint density at radius 1 is 0.912 bits per heavy atom. The van der Waals surface area contributed by atoms with Gasteiger partial charge in [0.2, 0.25) is 17.5 Å². The fraction of sp³-hybridized carbons (Fsp3) is 0.348. The van der Waals surface area contributed by atoms with Crippen LogP contribution >= 0.6 is 0 Å². The standard InChI is InChI=1S/C23H24O11/c1-9-17(26)19(28)20(29)23(32-9)34-22-18(27)16-14(31-3)7-11(30-2)8-15(16)33-21(22)10-4-5-12(24)13(25)6-10/h4-9,17,19-20,23-26,28-29H,1-3H3/t9-,17-,19+,20+,23-/m0/s1. The van der Waals surface area contributed by atoms with Gasteiger partial charge < -0.3 is 48.9 Å². The highest BCUT2D eigenvalue weighted by Gasteiger charge is 2.44. The van der Waals surface area contributed by atoms with Gasteiger partial charge in [0, 0.05) is 17.7 Å². The number of benzene rings is 2. The summed E-state index contributed by atoms with van der Waals surface area (Å²) in [5.41, 5.74) is -0.470. The highest BCUT2D eigenvalue weighted by molar-refractivity contribution is 5.88. The van der Waals surface area contributed by atoms with Crippen LogP contribution in [0.4, 0.5) is 0 Å². The topological polar surface area (TPSA) is 168 Å². The fourth-order valence-electron chi connectivity index (χ4n) is 3.71. The predicted octanol–water partition coefficient (Wildman–Crippen LogP) is 1.09. The summed E-state index contributed by atoms with van der Waals surface area (Å²) in [5.74, 6) is -0.974. The van der Waals surface area contributed by atoms with Crippen molar-refractivity contribution < 1.29 is 48.9 Å². The molecule has 11 nitrogen and oxygen atoms in total. The largest absolute Gasteiger partial charge is 0.504 e. The second-order valence-corrected chi connectivity index (χ2v) is 7.79. The molecule has 0 spiro atoms. The molecule has 2 heterocycles. The average Bonchev–Trinajstić information content (AvgIpc) is 2.83. The Bertz CT molecular complexity index is 1270. The first-order valence-electron chi connectivity index (χ1n) is 10.3. The molecule has 0 aliphatic carbocycles. The minimum Gasteiger partial charge on any atom is -0.504 e. The Morgan fingerprint density at radius 2 is 1.65 bits per heavy atom. The molecule has 0 radical (unpaired) electrons. The van der Waals surface area contributed by atoms with Gasteiger partial charge in [-0.05, 0) is 25.1 Å². The summed E-state index contributed by atoms with van der Waals surface area (Å²) in [5, 5.41) is 50.2. The third-order valence-electron chi connectivity index (χ3n) is 5.63. The van der Waals surface area contributed by atoms with E-state index < -0.39 is 53.4 Å². The van der Waals surface area contributed by atoms with Gasteiger partial charge in [0.25, 0.3) is 0 Å². The van der Waals surface area contributed by atoms with Crippen molar-refractivity contribution in [1.82, 2.24) is 0 Å². The molecule has 5 atom stereocenters. The summed E-state index contributed by atoms with van der Waals surface area (Å²) in [4.78, 5) is 13.6. The Labute approximate surface area is 192 Å². The molecule has 0 unspecified atom stereocenters. The minimum atomic E-state index is -1.69. The predicted molar refractivity (Wildman–Crippen MR) is 117 cm³/mol. The van der Waals surface area contributed by atoms with E-state index in [-0.39, 0.29) is 28.0 Å². The summed E-state index contributed by atoms with van der Waals surface area (Å²) >= 11 is 0. The van der Waals surface area contributed by atoms with E-state index in [1.54, 1.807) is 0 Å². The molecule has 34 heavy (non-hydrogen) atoms. The van der Waals surface area contributed by atoms with Gasteiger partial charge in [-0.15, -0.1) is 0 Å². The van der Waals surface area contributed by atoms with E-state index in [0.29, 0.717) is 5.75 Å². The van der Waals surface area contributed by atoms with Crippen LogP contribution in [-0.2, 0) is 4.74 Å². The molecule has 1 aliphatic heterocycles. The number of methoxy groups -OCH3 is 2. The van der Waals surface area contributed by atoms with Crippen molar-refractivity contribution in [2.75, 3.05) is 14.2 Å². The maximum absolute atomic E-state index is 13.6. The lowest BCUT2D eigenvalue weighted by molar-refractivity contribution is -0.268. The van der Waals surface area contributed by atoms with Gasteiger partial charge in [0.1, 0.15) is 40.8 Å². The molecular formula is C23H24O11. The van der Waals surface area contributed by atoms with Gasteiger partial charge in [-0.25, -0.2) is 0 Å². The van der Waals surface area contributed by atoms with Gasteiger partial charge in [-0.2, -0.15) is 0 Å². The van der Waals surface area contributed by atoms with Crippen molar-refractivity contribution in [2.45, 2.75) is 37.6 Å². The monoisotopic (exact) mass is 476 g/mol. The van der Waals surface area contributed by atoms with Crippen molar-refractivity contribution in [1.29, 1.82) is 0 Å². The molecule has 4 rings (SSSR count). The molecule has 1 saturated heterocycles. The number of aromatic hydroxyl groups is 2. The van der Waals surface area contributed by atoms with E-state index in [4.69, 9.17) is 23.4 Å². The van der Waals surface area contributed by atoms with Gasteiger partial charge in [0.15, 0.2) is 17.3 Å². The molecule has 3 aromatic rings. The molecule has 5 N–H and O–H groups in total. The first-order chi connectivity index (χ1) is 16.2. The molecule has 182 valence electrons. The third kappa shape index (κ3) is 3.99. The van der Waals surface area contributed by atoms with Crippen LogP contribution in [0.1, 0.15) is 6.92 Å². The maximum Gasteiger partial charge on any atom is 0.239 e. The van der Waals surface area contributed by atoms with Gasteiger partial charge in [-0.3, -0.25) is 4.79 Å². The lowest BCUT2D eigenvalue weighted by Gasteiger charge is -2.38. The molecule has 11 heteroatoms. The highest BCUT2D eigenvalue weighted by Crippen LogP contribution is 2.39. The second kappa shape index (κ2) is 9.03. The Kier molecular flexibility index (Phi) is 6.28. The summed E-state index contributed by atoms with van der Waals surface area (Å²) in [7, 11) is 2.78. The quantitative estimate of drug-likeness (QED) is 0.334. The van der Waals surface area contributed by atoms with Crippen LogP contribution in [-0.4, -0.2) is 70.5 Å². The van der Waals surface area contributed by atoms with Crippen molar-refractivity contribution in [3.63, 3.8) is 0 Å². The van der Waals surface area contributed by atoms with Crippen LogP contribution in [0, 0.1) is 0 Å². The van der Waals surface area contributed by atoms with E-state index >= 15 is 0 Å². The number of hydrogen-bond donors (Lipinski definition) is 5. The normalized spacial score (nSPS) is 24.7. The van der Waals surface area contributed by atoms with E-state index in [2.05, 4.69) is 0 Å². The maximum atomic E-state index is 13.6. The van der Waals surface area contributed by atoms with Gasteiger partial charge in [-0.1, -0.05) is 0 Å². The number of hydrogen-bond acceptors (Lipinski definition) is 11. The zero-order valence-electron chi connectivity index (χ0n) is 18.5. The number of aliphatic hydroxyl groups is 3. The third-order valence-corrected chi connectivity index (χ3v) is 5.63. The number of ether oxygens (including phenoxy) is 4. The van der Waals surface area contributed by atoms with Crippen molar-refractivity contribution >= 4 is 11.0 Å². The molecule has 1 fully saturated rings. The van der Waals surface area contributed by atoms with E-state index in [0.717, 1.165) is 6.07 Å². The lowest BCUT2D eigenvalue weighted by atomic mass is 10.00. The lowest BCUT2D eigenvalue weighted by Crippen LogP contribution is -2.58. The van der Waals surface area contributed by atoms with Crippen molar-refractivity contribution in [2.24, 2.45) is 0 Å². The van der Waals surface area contributed by atoms with Crippen LogP contribution in [0.25, 0.3) is 22.3 Å². The highest BCUT2D eigenvalue weighted by atomic mass is 16.7. The molecule has 1 aromatic heterocycles. The van der Waals surface area contributed by atoms with E-state index in [1.165, 1.54) is 45.4 Å². The SMILES string of the molecule is COc1cc(OC)c2c(=O)c(O[C@@H]3O[C@@H](C)[C@H](O)[C@@H](O)[C@H]3O)c(-c3ccc(O)c(O)c3)oc2c1. The molecule has 0 amide bonds. The summed E-state index contributed by atoms with van der Waals surface area (Å²) < 4.78 is 27.7. The second-order valence-electron chi connectivity index (χ2n) is 7.79. The van der Waals surface area contributed by atoms with Gasteiger partial charge in [0.05, 0.1) is 20.3 Å². The average molecular weight is 476 g/mol. The minimum absolute atomic E-state index is 0.00369. The summed E-state index contributed by atoms with van der Waals surface area (Å²) in [6.07, 6.45) is -7.12.